The minimum absolute atomic E-state index is 0.134. The largest absolute Gasteiger partial charge is 0.394 e. The first-order chi connectivity index (χ1) is 10.0. The first-order valence-corrected chi connectivity index (χ1v) is 6.92. The van der Waals surface area contributed by atoms with Crippen molar-refractivity contribution >= 4 is 16.7 Å². The van der Waals surface area contributed by atoms with Crippen LogP contribution in [0.4, 0.5) is 0 Å². The van der Waals surface area contributed by atoms with Crippen LogP contribution in [0.1, 0.15) is 30.8 Å². The molecule has 0 saturated heterocycles. The van der Waals surface area contributed by atoms with Gasteiger partial charge in [-0.15, -0.1) is 0 Å². The van der Waals surface area contributed by atoms with Crippen LogP contribution in [0, 0.1) is 5.92 Å². The topological polar surface area (TPSA) is 95.1 Å². The number of aromatic amines is 1. The maximum atomic E-state index is 12.3. The number of aliphatic hydroxyl groups is 1. The molecule has 0 aliphatic heterocycles. The molecule has 0 aliphatic rings. The van der Waals surface area contributed by atoms with Crippen LogP contribution in [0.3, 0.4) is 0 Å². The second-order valence-corrected chi connectivity index (χ2v) is 5.43. The summed E-state index contributed by atoms with van der Waals surface area (Å²) in [5.41, 5.74) is -0.171. The number of nitrogens with one attached hydrogen (secondary N) is 2. The lowest BCUT2D eigenvalue weighted by Gasteiger charge is -2.18. The molecule has 1 atom stereocenters. The van der Waals surface area contributed by atoms with Crippen LogP contribution in [-0.4, -0.2) is 33.9 Å². The second kappa shape index (κ2) is 6.49. The van der Waals surface area contributed by atoms with Gasteiger partial charge in [0.2, 0.25) is 0 Å². The van der Waals surface area contributed by atoms with E-state index >= 15 is 0 Å². The summed E-state index contributed by atoms with van der Waals surface area (Å²) in [7, 11) is 0. The van der Waals surface area contributed by atoms with Crippen molar-refractivity contribution in [1.29, 1.82) is 0 Å². The van der Waals surface area contributed by atoms with E-state index in [0.717, 1.165) is 0 Å². The molecule has 1 unspecified atom stereocenters. The summed E-state index contributed by atoms with van der Waals surface area (Å²) in [6, 6.07) is 6.48. The molecule has 1 amide bonds. The van der Waals surface area contributed by atoms with Gasteiger partial charge in [-0.25, -0.2) is 5.10 Å². The Balaban J connectivity index is 2.32. The van der Waals surface area contributed by atoms with Gasteiger partial charge in [-0.2, -0.15) is 5.10 Å². The van der Waals surface area contributed by atoms with Gasteiger partial charge in [0.15, 0.2) is 5.69 Å². The summed E-state index contributed by atoms with van der Waals surface area (Å²) in [6.45, 7) is 3.90. The van der Waals surface area contributed by atoms with E-state index in [9.17, 15) is 14.7 Å². The molecule has 3 N–H and O–H groups in total. The number of hydrogen-bond donors (Lipinski definition) is 3. The Bertz CT molecular complexity index is 694. The van der Waals surface area contributed by atoms with Crippen molar-refractivity contribution in [3.8, 4) is 0 Å². The monoisotopic (exact) mass is 289 g/mol. The molecule has 0 saturated carbocycles. The fourth-order valence-corrected chi connectivity index (χ4v) is 2.29. The zero-order valence-corrected chi connectivity index (χ0v) is 12.1. The van der Waals surface area contributed by atoms with Crippen molar-refractivity contribution in [3.63, 3.8) is 0 Å². The average molecular weight is 289 g/mol. The molecule has 1 aromatic carbocycles. The first kappa shape index (κ1) is 15.2. The third kappa shape index (κ3) is 3.46. The van der Waals surface area contributed by atoms with Crippen LogP contribution in [0.2, 0.25) is 0 Å². The Kier molecular flexibility index (Phi) is 4.70. The van der Waals surface area contributed by atoms with Crippen molar-refractivity contribution < 1.29 is 9.90 Å². The van der Waals surface area contributed by atoms with Crippen LogP contribution < -0.4 is 10.9 Å². The molecule has 0 bridgehead atoms. The third-order valence-electron chi connectivity index (χ3n) is 3.22. The highest BCUT2D eigenvalue weighted by molar-refractivity contribution is 6.04. The number of hydrogen-bond acceptors (Lipinski definition) is 4. The minimum Gasteiger partial charge on any atom is -0.394 e. The first-order valence-electron chi connectivity index (χ1n) is 6.92. The highest BCUT2D eigenvalue weighted by Crippen LogP contribution is 2.13. The number of amides is 1. The molecule has 1 heterocycles. The Labute approximate surface area is 122 Å². The van der Waals surface area contributed by atoms with Gasteiger partial charge < -0.3 is 10.4 Å². The summed E-state index contributed by atoms with van der Waals surface area (Å²) in [6.07, 6.45) is 0.670. The highest BCUT2D eigenvalue weighted by atomic mass is 16.3. The number of aliphatic hydroxyl groups excluding tert-OH is 1. The lowest BCUT2D eigenvalue weighted by molar-refractivity contribution is 0.0904. The molecular weight excluding hydrogens is 270 g/mol. The summed E-state index contributed by atoms with van der Waals surface area (Å²) in [5, 5.41) is 19.2. The normalized spacial score (nSPS) is 12.6. The minimum atomic E-state index is -0.401. The highest BCUT2D eigenvalue weighted by Gasteiger charge is 2.18. The van der Waals surface area contributed by atoms with Crippen LogP contribution in [-0.2, 0) is 0 Å². The number of nitrogens with zero attached hydrogens (tertiary/aromatic N) is 1. The van der Waals surface area contributed by atoms with Gasteiger partial charge >= 0.3 is 0 Å². The molecule has 6 heteroatoms. The van der Waals surface area contributed by atoms with E-state index in [2.05, 4.69) is 15.5 Å². The Morgan fingerprint density at radius 2 is 2.00 bits per heavy atom. The van der Waals surface area contributed by atoms with Crippen LogP contribution in [0.15, 0.2) is 29.1 Å². The molecule has 6 nitrogen and oxygen atoms in total. The van der Waals surface area contributed by atoms with Crippen molar-refractivity contribution in [1.82, 2.24) is 15.5 Å². The van der Waals surface area contributed by atoms with E-state index < -0.39 is 5.91 Å². The molecule has 0 spiro atoms. The summed E-state index contributed by atoms with van der Waals surface area (Å²) in [5.74, 6) is -0.0510. The van der Waals surface area contributed by atoms with Gasteiger partial charge in [-0.05, 0) is 18.4 Å². The number of benzene rings is 1. The van der Waals surface area contributed by atoms with Crippen LogP contribution in [0.25, 0.3) is 10.8 Å². The van der Waals surface area contributed by atoms with Crippen molar-refractivity contribution in [2.75, 3.05) is 6.61 Å². The van der Waals surface area contributed by atoms with Gasteiger partial charge in [-0.1, -0.05) is 32.0 Å². The molecule has 0 fully saturated rings. The molecule has 112 valence electrons. The fourth-order valence-electron chi connectivity index (χ4n) is 2.29. The quantitative estimate of drug-likeness (QED) is 0.767. The Morgan fingerprint density at radius 1 is 1.33 bits per heavy atom. The third-order valence-corrected chi connectivity index (χ3v) is 3.22. The van der Waals surface area contributed by atoms with Crippen molar-refractivity contribution in [2.24, 2.45) is 5.92 Å². The molecule has 0 aliphatic carbocycles. The molecular formula is C15H19N3O3. The van der Waals surface area contributed by atoms with E-state index in [1.54, 1.807) is 24.3 Å². The van der Waals surface area contributed by atoms with E-state index in [1.165, 1.54) is 0 Å². The zero-order valence-electron chi connectivity index (χ0n) is 12.1. The Hall–Kier alpha value is -2.21. The zero-order chi connectivity index (χ0) is 15.4. The second-order valence-electron chi connectivity index (χ2n) is 5.43. The van der Waals surface area contributed by atoms with E-state index in [-0.39, 0.29) is 23.9 Å². The number of rotatable bonds is 5. The van der Waals surface area contributed by atoms with Gasteiger partial charge in [0.1, 0.15) is 0 Å². The molecule has 0 radical (unpaired) electrons. The number of aromatic nitrogens is 2. The summed E-state index contributed by atoms with van der Waals surface area (Å²) in [4.78, 5) is 24.0. The maximum absolute atomic E-state index is 12.3. The smallest absolute Gasteiger partial charge is 0.272 e. The lowest BCUT2D eigenvalue weighted by Crippen LogP contribution is -2.39. The molecule has 1 aromatic heterocycles. The standard InChI is InChI=1S/C15H19N3O3/c1-9(2)7-10(8-19)16-15(21)13-11-5-3-4-6-12(11)14(20)18-17-13/h3-6,9-10,19H,7-8H2,1-2H3,(H,16,21)(H,18,20). The van der Waals surface area contributed by atoms with Crippen LogP contribution in [0.5, 0.6) is 0 Å². The summed E-state index contributed by atoms with van der Waals surface area (Å²) < 4.78 is 0. The maximum Gasteiger partial charge on any atom is 0.272 e. The van der Waals surface area contributed by atoms with E-state index in [4.69, 9.17) is 0 Å². The van der Waals surface area contributed by atoms with Crippen LogP contribution >= 0.6 is 0 Å². The average Bonchev–Trinajstić information content (AvgIpc) is 2.46. The van der Waals surface area contributed by atoms with Gasteiger partial charge in [0, 0.05) is 5.39 Å². The van der Waals surface area contributed by atoms with Gasteiger partial charge in [0.05, 0.1) is 18.0 Å². The number of H-pyrrole nitrogens is 1. The van der Waals surface area contributed by atoms with Crippen molar-refractivity contribution in [2.45, 2.75) is 26.3 Å². The predicted octanol–water partition coefficient (Wildman–Crippen LogP) is 1.06. The van der Waals surface area contributed by atoms with Gasteiger partial charge in [-0.3, -0.25) is 9.59 Å². The van der Waals surface area contributed by atoms with Crippen molar-refractivity contribution in [3.05, 3.63) is 40.3 Å². The molecule has 21 heavy (non-hydrogen) atoms. The molecule has 2 rings (SSSR count). The number of carbonyl (C=O) groups is 1. The summed E-state index contributed by atoms with van der Waals surface area (Å²) >= 11 is 0. The van der Waals surface area contributed by atoms with Gasteiger partial charge in [0.25, 0.3) is 11.5 Å². The lowest BCUT2D eigenvalue weighted by atomic mass is 10.0. The van der Waals surface area contributed by atoms with E-state index in [0.29, 0.717) is 23.1 Å². The fraction of sp³-hybridized carbons (Fsp3) is 0.400. The predicted molar refractivity (Wildman–Crippen MR) is 80.2 cm³/mol. The number of carbonyl (C=O) groups excluding carboxylic acids is 1. The Morgan fingerprint density at radius 3 is 2.62 bits per heavy atom. The molecule has 2 aromatic rings. The SMILES string of the molecule is CC(C)CC(CO)NC(=O)c1n[nH]c(=O)c2ccccc12. The number of fused-ring (bicyclic) bond motifs is 1. The van der Waals surface area contributed by atoms with E-state index in [1.807, 2.05) is 13.8 Å².